The molecule has 3 nitrogen and oxygen atoms in total. The first-order valence-electron chi connectivity index (χ1n) is 3.89. The zero-order valence-electron chi connectivity index (χ0n) is 6.23. The Morgan fingerprint density at radius 3 is 3.45 bits per heavy atom. The molecular formula is C8H10N2O. The zero-order valence-corrected chi connectivity index (χ0v) is 6.23. The number of carbonyl (C=O) groups excluding carboxylic acids is 1. The summed E-state index contributed by atoms with van der Waals surface area (Å²) in [6.45, 7) is 0.965. The van der Waals surface area contributed by atoms with Crippen molar-refractivity contribution in [3.05, 3.63) is 18.0 Å². The third kappa shape index (κ3) is 0.964. The molecular weight excluding hydrogens is 140 g/mol. The second-order valence-corrected chi connectivity index (χ2v) is 2.86. The van der Waals surface area contributed by atoms with E-state index < -0.39 is 0 Å². The molecule has 3 heteroatoms. The van der Waals surface area contributed by atoms with Gasteiger partial charge < -0.3 is 4.79 Å². The topological polar surface area (TPSA) is 34.9 Å². The molecule has 1 unspecified atom stereocenters. The lowest BCUT2D eigenvalue weighted by atomic mass is 9.98. The van der Waals surface area contributed by atoms with Crippen LogP contribution in [0.1, 0.15) is 24.5 Å². The number of fused-ring (bicyclic) bond motifs is 1. The lowest BCUT2D eigenvalue weighted by Crippen LogP contribution is -2.16. The van der Waals surface area contributed by atoms with Crippen molar-refractivity contribution in [3.8, 4) is 0 Å². The van der Waals surface area contributed by atoms with Crippen molar-refractivity contribution < 1.29 is 4.79 Å². The molecule has 0 fully saturated rings. The molecule has 1 aromatic heterocycles. The molecule has 0 saturated heterocycles. The van der Waals surface area contributed by atoms with Gasteiger partial charge in [-0.1, -0.05) is 0 Å². The summed E-state index contributed by atoms with van der Waals surface area (Å²) in [7, 11) is 0. The molecule has 58 valence electrons. The maximum Gasteiger partial charge on any atom is 0.129 e. The van der Waals surface area contributed by atoms with Gasteiger partial charge in [-0.3, -0.25) is 4.68 Å². The van der Waals surface area contributed by atoms with Crippen LogP contribution in [0, 0.1) is 0 Å². The molecule has 1 aromatic rings. The van der Waals surface area contributed by atoms with Crippen LogP contribution >= 0.6 is 0 Å². The number of hydrogen-bond donors (Lipinski definition) is 0. The third-order valence-corrected chi connectivity index (χ3v) is 2.18. The minimum Gasteiger partial charge on any atom is -0.303 e. The van der Waals surface area contributed by atoms with Crippen molar-refractivity contribution in [1.29, 1.82) is 0 Å². The molecule has 1 aliphatic rings. The highest BCUT2D eigenvalue weighted by atomic mass is 16.1. The summed E-state index contributed by atoms with van der Waals surface area (Å²) in [5.74, 6) is 0.0891. The molecule has 2 heterocycles. The maximum absolute atomic E-state index is 10.6. The fourth-order valence-corrected chi connectivity index (χ4v) is 1.59. The molecule has 0 amide bonds. The monoisotopic (exact) mass is 150 g/mol. The number of aldehydes is 1. The van der Waals surface area contributed by atoms with Gasteiger partial charge >= 0.3 is 0 Å². The first kappa shape index (κ1) is 6.58. The predicted octanol–water partition coefficient (Wildman–Crippen LogP) is 0.959. The average molecular weight is 150 g/mol. The van der Waals surface area contributed by atoms with Gasteiger partial charge in [0.1, 0.15) is 6.29 Å². The number of nitrogens with zero attached hydrogens (tertiary/aromatic N) is 2. The van der Waals surface area contributed by atoms with Crippen LogP contribution in [0.5, 0.6) is 0 Å². The molecule has 11 heavy (non-hydrogen) atoms. The number of aromatic nitrogens is 2. The van der Waals surface area contributed by atoms with Crippen LogP contribution in [0.2, 0.25) is 0 Å². The first-order chi connectivity index (χ1) is 5.42. The van der Waals surface area contributed by atoms with Crippen LogP contribution in [-0.2, 0) is 11.3 Å². The van der Waals surface area contributed by atoms with Gasteiger partial charge in [-0.05, 0) is 18.9 Å². The van der Waals surface area contributed by atoms with E-state index in [0.29, 0.717) is 0 Å². The highest BCUT2D eigenvalue weighted by molar-refractivity contribution is 5.61. The van der Waals surface area contributed by atoms with E-state index in [2.05, 4.69) is 5.10 Å². The molecule has 0 saturated carbocycles. The van der Waals surface area contributed by atoms with E-state index >= 15 is 0 Å². The van der Waals surface area contributed by atoms with E-state index in [0.717, 1.165) is 31.4 Å². The second kappa shape index (κ2) is 2.49. The highest BCUT2D eigenvalue weighted by Gasteiger charge is 2.19. The van der Waals surface area contributed by atoms with E-state index in [-0.39, 0.29) is 5.92 Å². The minimum atomic E-state index is 0.0891. The Morgan fingerprint density at radius 2 is 2.64 bits per heavy atom. The van der Waals surface area contributed by atoms with Crippen LogP contribution < -0.4 is 0 Å². The van der Waals surface area contributed by atoms with Gasteiger partial charge in [0.2, 0.25) is 0 Å². The van der Waals surface area contributed by atoms with E-state index in [1.54, 1.807) is 6.20 Å². The third-order valence-electron chi connectivity index (χ3n) is 2.18. The summed E-state index contributed by atoms with van der Waals surface area (Å²) < 4.78 is 1.92. The lowest BCUT2D eigenvalue weighted by Gasteiger charge is -2.18. The number of aryl methyl sites for hydroxylation is 1. The first-order valence-corrected chi connectivity index (χ1v) is 3.89. The molecule has 0 radical (unpaired) electrons. The summed E-state index contributed by atoms with van der Waals surface area (Å²) in [5.41, 5.74) is 1.08. The van der Waals surface area contributed by atoms with E-state index in [4.69, 9.17) is 0 Å². The molecule has 0 bridgehead atoms. The fourth-order valence-electron chi connectivity index (χ4n) is 1.59. The summed E-state index contributed by atoms with van der Waals surface area (Å²) in [4.78, 5) is 10.6. The smallest absolute Gasteiger partial charge is 0.129 e. The Labute approximate surface area is 65.0 Å². The van der Waals surface area contributed by atoms with Gasteiger partial charge in [0.05, 0.1) is 5.92 Å². The van der Waals surface area contributed by atoms with Crippen molar-refractivity contribution in [2.45, 2.75) is 25.3 Å². The van der Waals surface area contributed by atoms with Crippen LogP contribution in [0.15, 0.2) is 12.3 Å². The van der Waals surface area contributed by atoms with Gasteiger partial charge in [0.15, 0.2) is 0 Å². The van der Waals surface area contributed by atoms with E-state index in [9.17, 15) is 4.79 Å². The summed E-state index contributed by atoms with van der Waals surface area (Å²) in [6, 6.07) is 1.93. The largest absolute Gasteiger partial charge is 0.303 e. The van der Waals surface area contributed by atoms with Crippen molar-refractivity contribution in [1.82, 2.24) is 9.78 Å². The maximum atomic E-state index is 10.6. The standard InChI is InChI=1S/C8H10N2O/c11-6-7-2-1-5-10-8(7)3-4-9-10/h3-4,6-7H,1-2,5H2. The van der Waals surface area contributed by atoms with Gasteiger partial charge in [-0.25, -0.2) is 0 Å². The average Bonchev–Trinajstić information content (AvgIpc) is 2.50. The fraction of sp³-hybridized carbons (Fsp3) is 0.500. The lowest BCUT2D eigenvalue weighted by molar-refractivity contribution is -0.109. The van der Waals surface area contributed by atoms with E-state index in [1.165, 1.54) is 0 Å². The van der Waals surface area contributed by atoms with Gasteiger partial charge in [0, 0.05) is 18.4 Å². The number of hydrogen-bond acceptors (Lipinski definition) is 2. The quantitative estimate of drug-likeness (QED) is 0.559. The highest BCUT2D eigenvalue weighted by Crippen LogP contribution is 2.23. The van der Waals surface area contributed by atoms with Crippen molar-refractivity contribution in [2.24, 2.45) is 0 Å². The molecule has 1 aliphatic heterocycles. The van der Waals surface area contributed by atoms with Crippen LogP contribution in [0.4, 0.5) is 0 Å². The van der Waals surface area contributed by atoms with Crippen molar-refractivity contribution in [2.75, 3.05) is 0 Å². The molecule has 0 spiro atoms. The van der Waals surface area contributed by atoms with Gasteiger partial charge in [0.25, 0.3) is 0 Å². The Kier molecular flexibility index (Phi) is 1.49. The van der Waals surface area contributed by atoms with E-state index in [1.807, 2.05) is 10.7 Å². The molecule has 2 rings (SSSR count). The number of rotatable bonds is 1. The normalized spacial score (nSPS) is 22.7. The van der Waals surface area contributed by atoms with Crippen LogP contribution in [0.3, 0.4) is 0 Å². The predicted molar refractivity (Wildman–Crippen MR) is 40.3 cm³/mol. The SMILES string of the molecule is O=CC1CCCn2nccc21. The Balaban J connectivity index is 2.39. The Bertz CT molecular complexity index is 267. The van der Waals surface area contributed by atoms with Crippen molar-refractivity contribution in [3.63, 3.8) is 0 Å². The summed E-state index contributed by atoms with van der Waals surface area (Å²) in [5, 5.41) is 4.11. The zero-order chi connectivity index (χ0) is 7.68. The Hall–Kier alpha value is -1.12. The second-order valence-electron chi connectivity index (χ2n) is 2.86. The molecule has 0 aromatic carbocycles. The van der Waals surface area contributed by atoms with Crippen LogP contribution in [0.25, 0.3) is 0 Å². The van der Waals surface area contributed by atoms with Crippen molar-refractivity contribution >= 4 is 6.29 Å². The van der Waals surface area contributed by atoms with Gasteiger partial charge in [-0.15, -0.1) is 0 Å². The molecule has 0 aliphatic carbocycles. The molecule has 1 atom stereocenters. The minimum absolute atomic E-state index is 0.0891. The Morgan fingerprint density at radius 1 is 1.73 bits per heavy atom. The molecule has 0 N–H and O–H groups in total. The van der Waals surface area contributed by atoms with Gasteiger partial charge in [-0.2, -0.15) is 5.10 Å². The summed E-state index contributed by atoms with van der Waals surface area (Å²) in [6.07, 6.45) is 4.83. The number of carbonyl (C=O) groups is 1. The summed E-state index contributed by atoms with van der Waals surface area (Å²) >= 11 is 0. The van der Waals surface area contributed by atoms with Crippen LogP contribution in [-0.4, -0.2) is 16.1 Å².